The Morgan fingerprint density at radius 2 is 1.65 bits per heavy atom. The predicted octanol–water partition coefficient (Wildman–Crippen LogP) is 0.796. The third-order valence-electron chi connectivity index (χ3n) is 3.04. The van der Waals surface area contributed by atoms with Crippen molar-refractivity contribution in [3.63, 3.8) is 0 Å². The molecule has 0 spiro atoms. The van der Waals surface area contributed by atoms with Gasteiger partial charge in [-0.2, -0.15) is 0 Å². The molecule has 20 heavy (non-hydrogen) atoms. The van der Waals surface area contributed by atoms with E-state index in [2.05, 4.69) is 10.6 Å². The van der Waals surface area contributed by atoms with E-state index in [1.54, 1.807) is 18.7 Å². The van der Waals surface area contributed by atoms with Crippen molar-refractivity contribution in [3.05, 3.63) is 0 Å². The summed E-state index contributed by atoms with van der Waals surface area (Å²) in [5.74, 6) is -1.12. The zero-order valence-electron chi connectivity index (χ0n) is 12.6. The van der Waals surface area contributed by atoms with Crippen molar-refractivity contribution in [2.75, 3.05) is 13.1 Å². The summed E-state index contributed by atoms with van der Waals surface area (Å²) in [6.07, 6.45) is 0.375. The van der Waals surface area contributed by atoms with Crippen molar-refractivity contribution < 1.29 is 19.5 Å². The number of nitrogens with zero attached hydrogens (tertiary/aromatic N) is 1. The summed E-state index contributed by atoms with van der Waals surface area (Å²) in [7, 11) is 0. The maximum Gasteiger partial charge on any atom is 0.315 e. The predicted molar refractivity (Wildman–Crippen MR) is 75.4 cm³/mol. The Balaban J connectivity index is 4.37. The van der Waals surface area contributed by atoms with Gasteiger partial charge in [0.2, 0.25) is 5.91 Å². The minimum Gasteiger partial charge on any atom is -0.481 e. The van der Waals surface area contributed by atoms with Gasteiger partial charge in [-0.15, -0.1) is 0 Å². The molecule has 0 fully saturated rings. The van der Waals surface area contributed by atoms with Crippen LogP contribution in [-0.4, -0.2) is 53.1 Å². The lowest BCUT2D eigenvalue weighted by atomic mass is 10.1. The smallest absolute Gasteiger partial charge is 0.315 e. The van der Waals surface area contributed by atoms with Gasteiger partial charge in [0.1, 0.15) is 6.04 Å². The number of carboxylic acids is 1. The monoisotopic (exact) mass is 287 g/mol. The second kappa shape index (κ2) is 9.17. The van der Waals surface area contributed by atoms with E-state index in [0.717, 1.165) is 0 Å². The molecule has 0 radical (unpaired) electrons. The number of nitrogens with one attached hydrogen (secondary N) is 2. The number of carbonyl (C=O) groups is 3. The molecule has 0 saturated carbocycles. The van der Waals surface area contributed by atoms with Gasteiger partial charge in [0, 0.05) is 19.1 Å². The highest BCUT2D eigenvalue weighted by atomic mass is 16.4. The van der Waals surface area contributed by atoms with Crippen molar-refractivity contribution in [2.24, 2.45) is 0 Å². The van der Waals surface area contributed by atoms with Gasteiger partial charge >= 0.3 is 12.0 Å². The minimum absolute atomic E-state index is 0.137. The maximum absolute atomic E-state index is 12.0. The zero-order chi connectivity index (χ0) is 15.7. The van der Waals surface area contributed by atoms with Crippen LogP contribution >= 0.6 is 0 Å². The molecule has 0 aromatic heterocycles. The average Bonchev–Trinajstić information content (AvgIpc) is 2.38. The molecule has 7 nitrogen and oxygen atoms in total. The van der Waals surface area contributed by atoms with Crippen LogP contribution in [0.3, 0.4) is 0 Å². The van der Waals surface area contributed by atoms with Crippen LogP contribution in [0.5, 0.6) is 0 Å². The third-order valence-corrected chi connectivity index (χ3v) is 3.04. The molecule has 0 aromatic carbocycles. The first kappa shape index (κ1) is 18.2. The van der Waals surface area contributed by atoms with Crippen molar-refractivity contribution >= 4 is 17.9 Å². The summed E-state index contributed by atoms with van der Waals surface area (Å²) in [5, 5.41) is 13.8. The van der Waals surface area contributed by atoms with Crippen LogP contribution in [0.1, 0.15) is 40.5 Å². The Kier molecular flexibility index (Phi) is 8.35. The van der Waals surface area contributed by atoms with Gasteiger partial charge < -0.3 is 20.6 Å². The first-order chi connectivity index (χ1) is 9.35. The summed E-state index contributed by atoms with van der Waals surface area (Å²) in [6.45, 7) is 8.30. The molecule has 2 unspecified atom stereocenters. The maximum atomic E-state index is 12.0. The van der Waals surface area contributed by atoms with Crippen molar-refractivity contribution in [2.45, 2.75) is 52.6 Å². The minimum atomic E-state index is -0.968. The van der Waals surface area contributed by atoms with Crippen LogP contribution in [0.15, 0.2) is 0 Å². The average molecular weight is 287 g/mol. The summed E-state index contributed by atoms with van der Waals surface area (Å²) < 4.78 is 0. The first-order valence-corrected chi connectivity index (χ1v) is 6.93. The van der Waals surface area contributed by atoms with Gasteiger partial charge in [-0.05, 0) is 27.2 Å². The molecule has 0 bridgehead atoms. The Morgan fingerprint density at radius 1 is 1.10 bits per heavy atom. The standard InChI is InChI=1S/C13H25N3O4/c1-5-10(8-11(17)18)15-13(20)14-9(4)12(19)16(6-2)7-3/h9-10H,5-8H2,1-4H3,(H,17,18)(H2,14,15,20). The Hall–Kier alpha value is -1.79. The van der Waals surface area contributed by atoms with E-state index >= 15 is 0 Å². The largest absolute Gasteiger partial charge is 0.481 e. The number of rotatable bonds is 8. The lowest BCUT2D eigenvalue weighted by Crippen LogP contribution is -2.51. The van der Waals surface area contributed by atoms with E-state index in [9.17, 15) is 14.4 Å². The third kappa shape index (κ3) is 6.40. The molecule has 3 N–H and O–H groups in total. The molecule has 0 heterocycles. The van der Waals surface area contributed by atoms with Gasteiger partial charge in [-0.1, -0.05) is 6.92 Å². The number of urea groups is 1. The number of amides is 3. The number of likely N-dealkylation sites (N-methyl/N-ethyl adjacent to an activating group) is 1. The summed E-state index contributed by atoms with van der Waals surface area (Å²) >= 11 is 0. The summed E-state index contributed by atoms with van der Waals surface area (Å²) in [5.41, 5.74) is 0. The van der Waals surface area contributed by atoms with Gasteiger partial charge in [0.05, 0.1) is 6.42 Å². The van der Waals surface area contributed by atoms with E-state index in [0.29, 0.717) is 19.5 Å². The molecule has 0 aromatic rings. The molecule has 3 amide bonds. The fraction of sp³-hybridized carbons (Fsp3) is 0.769. The number of carboxylic acid groups (broad SMARTS) is 1. The summed E-state index contributed by atoms with van der Waals surface area (Å²) in [4.78, 5) is 35.9. The molecule has 0 aliphatic carbocycles. The lowest BCUT2D eigenvalue weighted by Gasteiger charge is -2.24. The second-order valence-electron chi connectivity index (χ2n) is 4.55. The van der Waals surface area contributed by atoms with E-state index < -0.39 is 24.1 Å². The van der Waals surface area contributed by atoms with Crippen LogP contribution < -0.4 is 10.6 Å². The highest BCUT2D eigenvalue weighted by Gasteiger charge is 2.21. The van der Waals surface area contributed by atoms with Crippen LogP contribution in [0.25, 0.3) is 0 Å². The van der Waals surface area contributed by atoms with E-state index in [4.69, 9.17) is 5.11 Å². The molecule has 2 atom stereocenters. The van der Waals surface area contributed by atoms with E-state index in [1.165, 1.54) is 0 Å². The number of carbonyl (C=O) groups excluding carboxylic acids is 2. The van der Waals surface area contributed by atoms with Crippen molar-refractivity contribution in [1.82, 2.24) is 15.5 Å². The Bertz CT molecular complexity index is 343. The van der Waals surface area contributed by atoms with Gasteiger partial charge in [-0.25, -0.2) is 4.79 Å². The lowest BCUT2D eigenvalue weighted by molar-refractivity contribution is -0.137. The molecule has 0 saturated heterocycles. The van der Waals surface area contributed by atoms with Crippen LogP contribution in [0.2, 0.25) is 0 Å². The Morgan fingerprint density at radius 3 is 2.05 bits per heavy atom. The SMILES string of the molecule is CCC(CC(=O)O)NC(=O)NC(C)C(=O)N(CC)CC. The van der Waals surface area contributed by atoms with Crippen LogP contribution in [0.4, 0.5) is 4.79 Å². The molecule has 0 aliphatic heterocycles. The first-order valence-electron chi connectivity index (χ1n) is 6.93. The molecular formula is C13H25N3O4. The molecule has 0 aliphatic rings. The number of hydrogen-bond acceptors (Lipinski definition) is 3. The van der Waals surface area contributed by atoms with Gasteiger partial charge in [0.25, 0.3) is 0 Å². The molecule has 116 valence electrons. The highest BCUT2D eigenvalue weighted by Crippen LogP contribution is 1.99. The van der Waals surface area contributed by atoms with Crippen LogP contribution in [-0.2, 0) is 9.59 Å². The van der Waals surface area contributed by atoms with Gasteiger partial charge in [0.15, 0.2) is 0 Å². The quantitative estimate of drug-likeness (QED) is 0.615. The van der Waals surface area contributed by atoms with Gasteiger partial charge in [-0.3, -0.25) is 9.59 Å². The Labute approximate surface area is 119 Å². The molecule has 7 heteroatoms. The fourth-order valence-corrected chi connectivity index (χ4v) is 1.80. The molecular weight excluding hydrogens is 262 g/mol. The van der Waals surface area contributed by atoms with E-state index in [1.807, 2.05) is 13.8 Å². The topological polar surface area (TPSA) is 98.7 Å². The van der Waals surface area contributed by atoms with Crippen molar-refractivity contribution in [1.29, 1.82) is 0 Å². The number of aliphatic carboxylic acids is 1. The normalized spacial score (nSPS) is 13.2. The second-order valence-corrected chi connectivity index (χ2v) is 4.55. The number of hydrogen-bond donors (Lipinski definition) is 3. The van der Waals surface area contributed by atoms with E-state index in [-0.39, 0.29) is 12.3 Å². The molecule has 0 rings (SSSR count). The summed E-state index contributed by atoms with van der Waals surface area (Å²) in [6, 6.07) is -1.61. The van der Waals surface area contributed by atoms with Crippen molar-refractivity contribution in [3.8, 4) is 0 Å². The fourth-order valence-electron chi connectivity index (χ4n) is 1.80. The van der Waals surface area contributed by atoms with Crippen LogP contribution in [0, 0.1) is 0 Å². The highest BCUT2D eigenvalue weighted by molar-refractivity contribution is 5.86. The zero-order valence-corrected chi connectivity index (χ0v) is 12.6.